The molecule has 1 rings (SSSR count). The van der Waals surface area contributed by atoms with Crippen LogP contribution in [0.4, 0.5) is 0 Å². The van der Waals surface area contributed by atoms with Gasteiger partial charge in [0.15, 0.2) is 8.32 Å². The van der Waals surface area contributed by atoms with Crippen LogP contribution in [0, 0.1) is 0 Å². The minimum atomic E-state index is -1.86. The molecule has 0 spiro atoms. The Hall–Kier alpha value is -1.66. The van der Waals surface area contributed by atoms with Crippen molar-refractivity contribution < 1.29 is 18.8 Å². The number of hydrogen-bond acceptors (Lipinski definition) is 4. The third-order valence-corrected chi connectivity index (χ3v) is 3.98. The van der Waals surface area contributed by atoms with Gasteiger partial charge in [0.1, 0.15) is 11.9 Å². The number of ether oxygens (including phenoxy) is 1. The molecular formula is C17H27NO4Si. The molecule has 0 bridgehead atoms. The standard InChI is InChI=1S/C17H27NO4Si/c1-14(19)18-13-9-8-12-16(22-23(2,3)4)17(20)21-15-10-6-5-7-11-15/h5-7,10-11,16H,8-9,12-13H2,1-4H3,(H,18,19). The van der Waals surface area contributed by atoms with E-state index in [2.05, 4.69) is 5.32 Å². The molecule has 0 fully saturated rings. The van der Waals surface area contributed by atoms with E-state index in [1.54, 1.807) is 12.1 Å². The number of benzene rings is 1. The van der Waals surface area contributed by atoms with Gasteiger partial charge in [0.2, 0.25) is 5.91 Å². The quantitative estimate of drug-likeness (QED) is 0.325. The van der Waals surface area contributed by atoms with E-state index in [-0.39, 0.29) is 11.9 Å². The molecule has 1 atom stereocenters. The fraction of sp³-hybridized carbons (Fsp3) is 0.529. The Labute approximate surface area is 139 Å². The summed E-state index contributed by atoms with van der Waals surface area (Å²) >= 11 is 0. The molecule has 0 saturated carbocycles. The van der Waals surface area contributed by atoms with Crippen LogP contribution in [0.2, 0.25) is 19.6 Å². The van der Waals surface area contributed by atoms with E-state index in [4.69, 9.17) is 9.16 Å². The van der Waals surface area contributed by atoms with Crippen LogP contribution in [0.5, 0.6) is 5.75 Å². The van der Waals surface area contributed by atoms with Crippen molar-refractivity contribution >= 4 is 20.2 Å². The van der Waals surface area contributed by atoms with Crippen molar-refractivity contribution in [3.63, 3.8) is 0 Å². The van der Waals surface area contributed by atoms with Crippen LogP contribution < -0.4 is 10.1 Å². The topological polar surface area (TPSA) is 64.6 Å². The normalized spacial score (nSPS) is 12.5. The third-order valence-electron chi connectivity index (χ3n) is 2.99. The summed E-state index contributed by atoms with van der Waals surface area (Å²) in [7, 11) is -1.86. The van der Waals surface area contributed by atoms with Gasteiger partial charge in [-0.15, -0.1) is 0 Å². The molecule has 128 valence electrons. The smallest absolute Gasteiger partial charge is 0.339 e. The number of amides is 1. The number of nitrogens with one attached hydrogen (secondary N) is 1. The molecule has 1 unspecified atom stereocenters. The Morgan fingerprint density at radius 2 is 1.78 bits per heavy atom. The molecule has 1 aromatic rings. The molecule has 0 aliphatic carbocycles. The van der Waals surface area contributed by atoms with E-state index in [9.17, 15) is 9.59 Å². The first-order chi connectivity index (χ1) is 10.8. The molecule has 0 aliphatic heterocycles. The van der Waals surface area contributed by atoms with Crippen LogP contribution in [0.15, 0.2) is 30.3 Å². The Kier molecular flexibility index (Phi) is 7.98. The Bertz CT molecular complexity index is 499. The first kappa shape index (κ1) is 19.4. The summed E-state index contributed by atoms with van der Waals surface area (Å²) in [5.41, 5.74) is 0. The predicted molar refractivity (Wildman–Crippen MR) is 92.8 cm³/mol. The number of carbonyl (C=O) groups excluding carboxylic acids is 2. The monoisotopic (exact) mass is 337 g/mol. The predicted octanol–water partition coefficient (Wildman–Crippen LogP) is 3.12. The molecule has 1 aromatic carbocycles. The van der Waals surface area contributed by atoms with Crippen molar-refractivity contribution in [2.24, 2.45) is 0 Å². The van der Waals surface area contributed by atoms with Crippen LogP contribution in [0.25, 0.3) is 0 Å². The van der Waals surface area contributed by atoms with Crippen LogP contribution in [-0.2, 0) is 14.0 Å². The van der Waals surface area contributed by atoms with Crippen molar-refractivity contribution in [1.29, 1.82) is 0 Å². The highest BCUT2D eigenvalue weighted by atomic mass is 28.4. The van der Waals surface area contributed by atoms with Crippen molar-refractivity contribution in [3.05, 3.63) is 30.3 Å². The molecule has 1 amide bonds. The number of esters is 1. The zero-order chi connectivity index (χ0) is 17.3. The zero-order valence-electron chi connectivity index (χ0n) is 14.4. The molecule has 1 N–H and O–H groups in total. The van der Waals surface area contributed by atoms with Crippen LogP contribution in [0.1, 0.15) is 26.2 Å². The Morgan fingerprint density at radius 1 is 1.13 bits per heavy atom. The van der Waals surface area contributed by atoms with Crippen molar-refractivity contribution in [2.75, 3.05) is 6.54 Å². The second kappa shape index (κ2) is 9.47. The minimum Gasteiger partial charge on any atom is -0.425 e. The maximum absolute atomic E-state index is 12.4. The molecule has 23 heavy (non-hydrogen) atoms. The summed E-state index contributed by atoms with van der Waals surface area (Å²) in [5.74, 6) is 0.140. The van der Waals surface area contributed by atoms with Gasteiger partial charge in [-0.25, -0.2) is 4.79 Å². The van der Waals surface area contributed by atoms with E-state index < -0.39 is 14.4 Å². The van der Waals surface area contributed by atoms with Gasteiger partial charge >= 0.3 is 5.97 Å². The molecule has 0 heterocycles. The second-order valence-electron chi connectivity index (χ2n) is 6.43. The lowest BCUT2D eigenvalue weighted by atomic mass is 10.1. The second-order valence-corrected chi connectivity index (χ2v) is 10.9. The fourth-order valence-electron chi connectivity index (χ4n) is 2.04. The number of unbranched alkanes of at least 4 members (excludes halogenated alkanes) is 1. The lowest BCUT2D eigenvalue weighted by Gasteiger charge is -2.25. The summed E-state index contributed by atoms with van der Waals surface area (Å²) in [5, 5.41) is 2.75. The number of para-hydroxylation sites is 1. The zero-order valence-corrected chi connectivity index (χ0v) is 15.4. The largest absolute Gasteiger partial charge is 0.425 e. The fourth-order valence-corrected chi connectivity index (χ4v) is 3.11. The number of rotatable bonds is 9. The molecule has 5 nitrogen and oxygen atoms in total. The summed E-state index contributed by atoms with van der Waals surface area (Å²) in [6, 6.07) is 9.02. The lowest BCUT2D eigenvalue weighted by Crippen LogP contribution is -2.38. The minimum absolute atomic E-state index is 0.0385. The molecule has 0 aliphatic rings. The molecule has 0 radical (unpaired) electrons. The average molecular weight is 337 g/mol. The van der Waals surface area contributed by atoms with Gasteiger partial charge in [0.05, 0.1) is 0 Å². The van der Waals surface area contributed by atoms with Crippen molar-refractivity contribution in [1.82, 2.24) is 5.32 Å². The highest BCUT2D eigenvalue weighted by molar-refractivity contribution is 6.69. The van der Waals surface area contributed by atoms with Gasteiger partial charge in [-0.3, -0.25) is 4.79 Å². The van der Waals surface area contributed by atoms with Gasteiger partial charge in [0.25, 0.3) is 0 Å². The van der Waals surface area contributed by atoms with E-state index in [1.165, 1.54) is 6.92 Å². The summed E-state index contributed by atoms with van der Waals surface area (Å²) in [4.78, 5) is 23.2. The Morgan fingerprint density at radius 3 is 2.35 bits per heavy atom. The van der Waals surface area contributed by atoms with E-state index in [0.717, 1.165) is 12.8 Å². The van der Waals surface area contributed by atoms with Gasteiger partial charge in [0, 0.05) is 13.5 Å². The van der Waals surface area contributed by atoms with E-state index >= 15 is 0 Å². The van der Waals surface area contributed by atoms with E-state index in [0.29, 0.717) is 18.7 Å². The van der Waals surface area contributed by atoms with Crippen molar-refractivity contribution in [3.8, 4) is 5.75 Å². The summed E-state index contributed by atoms with van der Waals surface area (Å²) in [6.45, 7) is 8.25. The third kappa shape index (κ3) is 9.15. The first-order valence-electron chi connectivity index (χ1n) is 7.97. The van der Waals surface area contributed by atoms with Gasteiger partial charge in [-0.1, -0.05) is 18.2 Å². The summed E-state index contributed by atoms with van der Waals surface area (Å²) in [6.07, 6.45) is 1.64. The number of carbonyl (C=O) groups is 2. The van der Waals surface area contributed by atoms with Crippen molar-refractivity contribution in [2.45, 2.75) is 51.9 Å². The van der Waals surface area contributed by atoms with Gasteiger partial charge < -0.3 is 14.5 Å². The van der Waals surface area contributed by atoms with Gasteiger partial charge in [-0.05, 0) is 51.0 Å². The first-order valence-corrected chi connectivity index (χ1v) is 11.4. The number of hydrogen-bond donors (Lipinski definition) is 1. The highest BCUT2D eigenvalue weighted by Crippen LogP contribution is 2.17. The average Bonchev–Trinajstić information content (AvgIpc) is 2.45. The van der Waals surface area contributed by atoms with E-state index in [1.807, 2.05) is 37.8 Å². The van der Waals surface area contributed by atoms with Crippen LogP contribution in [-0.4, -0.2) is 32.8 Å². The lowest BCUT2D eigenvalue weighted by molar-refractivity contribution is -0.143. The summed E-state index contributed by atoms with van der Waals surface area (Å²) < 4.78 is 11.4. The molecule has 0 saturated heterocycles. The van der Waals surface area contributed by atoms with Gasteiger partial charge in [-0.2, -0.15) is 0 Å². The maximum atomic E-state index is 12.4. The Balaban J connectivity index is 2.53. The maximum Gasteiger partial charge on any atom is 0.339 e. The molecular weight excluding hydrogens is 310 g/mol. The van der Waals surface area contributed by atoms with Crippen LogP contribution >= 0.6 is 0 Å². The van der Waals surface area contributed by atoms with Crippen LogP contribution in [0.3, 0.4) is 0 Å². The molecule has 0 aromatic heterocycles. The SMILES string of the molecule is CC(=O)NCCCCC(O[Si](C)(C)C)C(=O)Oc1ccccc1. The molecule has 6 heteroatoms. The highest BCUT2D eigenvalue weighted by Gasteiger charge is 2.27.